The molecule has 1 aromatic rings. The second-order valence-corrected chi connectivity index (χ2v) is 7.60. The molecule has 3 heteroatoms. The van der Waals surface area contributed by atoms with Crippen LogP contribution in [-0.2, 0) is 11.3 Å². The van der Waals surface area contributed by atoms with Gasteiger partial charge in [0.15, 0.2) is 0 Å². The Morgan fingerprint density at radius 3 is 2.08 bits per heavy atom. The van der Waals surface area contributed by atoms with E-state index in [1.54, 1.807) is 11.8 Å². The van der Waals surface area contributed by atoms with Crippen LogP contribution in [-0.4, -0.2) is 17.4 Å². The van der Waals surface area contributed by atoms with Crippen LogP contribution in [0.4, 0.5) is 0 Å². The molecular formula is C21H35NOS. The van der Waals surface area contributed by atoms with E-state index in [1.807, 2.05) is 30.3 Å². The van der Waals surface area contributed by atoms with Crippen LogP contribution < -0.4 is 5.32 Å². The van der Waals surface area contributed by atoms with Crippen LogP contribution in [0, 0.1) is 0 Å². The Labute approximate surface area is 153 Å². The van der Waals surface area contributed by atoms with Gasteiger partial charge in [0.05, 0.1) is 5.75 Å². The molecule has 0 unspecified atom stereocenters. The predicted molar refractivity (Wildman–Crippen MR) is 107 cm³/mol. The zero-order valence-electron chi connectivity index (χ0n) is 15.4. The Bertz CT molecular complexity index is 408. The number of carbonyl (C=O) groups is 1. The highest BCUT2D eigenvalue weighted by Crippen LogP contribution is 2.12. The lowest BCUT2D eigenvalue weighted by Crippen LogP contribution is -2.24. The smallest absolute Gasteiger partial charge is 0.230 e. The standard InChI is InChI=1S/C21H35NOS/c1-2-3-4-5-6-7-8-9-10-14-17-24-19-21(23)22-18-20-15-12-11-13-16-20/h11-13,15-16H,2-10,14,17-19H2,1H3,(H,22,23). The average molecular weight is 350 g/mol. The van der Waals surface area contributed by atoms with Gasteiger partial charge in [-0.15, -0.1) is 0 Å². The van der Waals surface area contributed by atoms with E-state index in [0.29, 0.717) is 12.3 Å². The molecule has 1 amide bonds. The molecule has 0 atom stereocenters. The lowest BCUT2D eigenvalue weighted by atomic mass is 10.1. The molecule has 0 aliphatic carbocycles. The van der Waals surface area contributed by atoms with Gasteiger partial charge in [-0.3, -0.25) is 4.79 Å². The highest BCUT2D eigenvalue weighted by atomic mass is 32.2. The third-order valence-corrected chi connectivity index (χ3v) is 5.25. The molecule has 136 valence electrons. The van der Waals surface area contributed by atoms with Gasteiger partial charge in [0, 0.05) is 6.54 Å². The Balaban J connectivity index is 1.82. The summed E-state index contributed by atoms with van der Waals surface area (Å²) in [7, 11) is 0. The van der Waals surface area contributed by atoms with E-state index in [-0.39, 0.29) is 5.91 Å². The van der Waals surface area contributed by atoms with Crippen LogP contribution in [0.25, 0.3) is 0 Å². The van der Waals surface area contributed by atoms with E-state index in [1.165, 1.54) is 64.2 Å². The van der Waals surface area contributed by atoms with Crippen molar-refractivity contribution >= 4 is 17.7 Å². The highest BCUT2D eigenvalue weighted by molar-refractivity contribution is 7.99. The summed E-state index contributed by atoms with van der Waals surface area (Å²) >= 11 is 1.76. The summed E-state index contributed by atoms with van der Waals surface area (Å²) < 4.78 is 0. The van der Waals surface area contributed by atoms with Crippen molar-refractivity contribution in [3.05, 3.63) is 35.9 Å². The number of hydrogen-bond donors (Lipinski definition) is 1. The van der Waals surface area contributed by atoms with Crippen molar-refractivity contribution in [3.8, 4) is 0 Å². The van der Waals surface area contributed by atoms with Gasteiger partial charge in [-0.25, -0.2) is 0 Å². The summed E-state index contributed by atoms with van der Waals surface area (Å²) in [4.78, 5) is 11.8. The number of hydrogen-bond acceptors (Lipinski definition) is 2. The van der Waals surface area contributed by atoms with Crippen LogP contribution >= 0.6 is 11.8 Å². The molecule has 24 heavy (non-hydrogen) atoms. The third-order valence-electron chi connectivity index (χ3n) is 4.21. The molecule has 0 bridgehead atoms. The first-order valence-electron chi connectivity index (χ1n) is 9.71. The van der Waals surface area contributed by atoms with E-state index in [0.717, 1.165) is 11.3 Å². The molecule has 1 rings (SSSR count). The van der Waals surface area contributed by atoms with Crippen LogP contribution in [0.5, 0.6) is 0 Å². The van der Waals surface area contributed by atoms with Crippen LogP contribution in [0.2, 0.25) is 0 Å². The summed E-state index contributed by atoms with van der Waals surface area (Å²) in [6.45, 7) is 2.91. The summed E-state index contributed by atoms with van der Waals surface area (Å²) in [6.07, 6.45) is 13.7. The van der Waals surface area contributed by atoms with Gasteiger partial charge in [0.1, 0.15) is 0 Å². The Morgan fingerprint density at radius 1 is 0.875 bits per heavy atom. The second-order valence-electron chi connectivity index (χ2n) is 6.50. The zero-order valence-corrected chi connectivity index (χ0v) is 16.2. The van der Waals surface area contributed by atoms with Crippen molar-refractivity contribution in [1.29, 1.82) is 0 Å². The Morgan fingerprint density at radius 2 is 1.46 bits per heavy atom. The molecule has 0 fully saturated rings. The lowest BCUT2D eigenvalue weighted by Gasteiger charge is -2.05. The highest BCUT2D eigenvalue weighted by Gasteiger charge is 2.01. The summed E-state index contributed by atoms with van der Waals surface area (Å²) in [5.74, 6) is 1.84. The quantitative estimate of drug-likeness (QED) is 0.396. The molecular weight excluding hydrogens is 314 g/mol. The molecule has 2 nitrogen and oxygen atoms in total. The van der Waals surface area contributed by atoms with Crippen molar-refractivity contribution in [2.75, 3.05) is 11.5 Å². The van der Waals surface area contributed by atoms with Gasteiger partial charge in [0.2, 0.25) is 5.91 Å². The first-order chi connectivity index (χ1) is 11.8. The van der Waals surface area contributed by atoms with Crippen molar-refractivity contribution in [2.24, 2.45) is 0 Å². The maximum Gasteiger partial charge on any atom is 0.230 e. The number of amides is 1. The maximum atomic E-state index is 11.8. The molecule has 1 aromatic carbocycles. The van der Waals surface area contributed by atoms with Crippen LogP contribution in [0.15, 0.2) is 30.3 Å². The molecule has 0 radical (unpaired) electrons. The number of nitrogens with one attached hydrogen (secondary N) is 1. The number of unbranched alkanes of at least 4 members (excludes halogenated alkanes) is 9. The van der Waals surface area contributed by atoms with Crippen molar-refractivity contribution in [1.82, 2.24) is 5.32 Å². The summed E-state index contributed by atoms with van der Waals surface area (Å²) in [5, 5.41) is 2.98. The van der Waals surface area contributed by atoms with Gasteiger partial charge < -0.3 is 5.32 Å². The normalized spacial score (nSPS) is 10.7. The topological polar surface area (TPSA) is 29.1 Å². The van der Waals surface area contributed by atoms with Gasteiger partial charge >= 0.3 is 0 Å². The van der Waals surface area contributed by atoms with Crippen LogP contribution in [0.1, 0.15) is 76.7 Å². The minimum Gasteiger partial charge on any atom is -0.351 e. The molecule has 0 saturated carbocycles. The summed E-state index contributed by atoms with van der Waals surface area (Å²) in [5.41, 5.74) is 1.16. The first-order valence-corrected chi connectivity index (χ1v) is 10.9. The zero-order chi connectivity index (χ0) is 17.3. The van der Waals surface area contributed by atoms with Crippen LogP contribution in [0.3, 0.4) is 0 Å². The van der Waals surface area contributed by atoms with E-state index in [2.05, 4.69) is 12.2 Å². The predicted octanol–water partition coefficient (Wildman–Crippen LogP) is 5.96. The molecule has 1 N–H and O–H groups in total. The molecule has 0 aromatic heterocycles. The second kappa shape index (κ2) is 15.6. The van der Waals surface area contributed by atoms with Crippen molar-refractivity contribution < 1.29 is 4.79 Å². The van der Waals surface area contributed by atoms with E-state index in [9.17, 15) is 4.79 Å². The van der Waals surface area contributed by atoms with Gasteiger partial charge in [-0.05, 0) is 17.7 Å². The summed E-state index contributed by atoms with van der Waals surface area (Å²) in [6, 6.07) is 10.1. The Hall–Kier alpha value is -0.960. The van der Waals surface area contributed by atoms with Crippen molar-refractivity contribution in [3.63, 3.8) is 0 Å². The van der Waals surface area contributed by atoms with E-state index < -0.39 is 0 Å². The molecule has 0 aliphatic rings. The van der Waals surface area contributed by atoms with Gasteiger partial charge in [0.25, 0.3) is 0 Å². The SMILES string of the molecule is CCCCCCCCCCCCSCC(=O)NCc1ccccc1. The molecule has 0 heterocycles. The fourth-order valence-corrected chi connectivity index (χ4v) is 3.54. The number of rotatable bonds is 15. The third kappa shape index (κ3) is 12.5. The first kappa shape index (κ1) is 21.1. The number of carbonyl (C=O) groups excluding carboxylic acids is 1. The van der Waals surface area contributed by atoms with E-state index >= 15 is 0 Å². The maximum absolute atomic E-state index is 11.8. The van der Waals surface area contributed by atoms with Gasteiger partial charge in [-0.1, -0.05) is 95.0 Å². The fraction of sp³-hybridized carbons (Fsp3) is 0.667. The molecule has 0 aliphatic heterocycles. The molecule has 0 saturated heterocycles. The fourth-order valence-electron chi connectivity index (χ4n) is 2.70. The minimum absolute atomic E-state index is 0.149. The largest absolute Gasteiger partial charge is 0.351 e. The van der Waals surface area contributed by atoms with Gasteiger partial charge in [-0.2, -0.15) is 11.8 Å². The van der Waals surface area contributed by atoms with Crippen molar-refractivity contribution in [2.45, 2.75) is 77.7 Å². The number of thioether (sulfide) groups is 1. The lowest BCUT2D eigenvalue weighted by molar-refractivity contribution is -0.118. The Kier molecular flexibility index (Phi) is 13.7. The van der Waals surface area contributed by atoms with E-state index in [4.69, 9.17) is 0 Å². The average Bonchev–Trinajstić information content (AvgIpc) is 2.62. The monoisotopic (exact) mass is 349 g/mol. The minimum atomic E-state index is 0.149. The number of benzene rings is 1. The molecule has 0 spiro atoms.